The smallest absolute Gasteiger partial charge is 0.317 e. The van der Waals surface area contributed by atoms with Crippen molar-refractivity contribution in [1.29, 1.82) is 0 Å². The molecule has 4 rings (SSSR count). The predicted octanol–water partition coefficient (Wildman–Crippen LogP) is 2.67. The molecule has 2 aromatic rings. The summed E-state index contributed by atoms with van der Waals surface area (Å²) in [5.41, 5.74) is 1.71. The van der Waals surface area contributed by atoms with Crippen LogP contribution in [-0.2, 0) is 6.54 Å². The molecule has 1 atom stereocenters. The van der Waals surface area contributed by atoms with Gasteiger partial charge in [0.15, 0.2) is 0 Å². The minimum Gasteiger partial charge on any atom is -0.339 e. The number of benzene rings is 1. The summed E-state index contributed by atoms with van der Waals surface area (Å²) in [7, 11) is 0. The number of amides is 3. The lowest BCUT2D eigenvalue weighted by Crippen LogP contribution is -2.38. The maximum Gasteiger partial charge on any atom is 0.317 e. The molecule has 1 aromatic heterocycles. The second-order valence-electron chi connectivity index (χ2n) is 7.58. The molecule has 148 valence electrons. The second kappa shape index (κ2) is 8.46. The van der Waals surface area contributed by atoms with Crippen LogP contribution in [0.2, 0.25) is 0 Å². The van der Waals surface area contributed by atoms with Gasteiger partial charge < -0.3 is 15.1 Å². The van der Waals surface area contributed by atoms with Crippen LogP contribution in [-0.4, -0.2) is 57.7 Å². The van der Waals surface area contributed by atoms with Crippen LogP contribution in [0.1, 0.15) is 47.6 Å². The Bertz CT molecular complexity index is 797. The molecule has 1 N–H and O–H groups in total. The fourth-order valence-corrected chi connectivity index (χ4v) is 3.97. The van der Waals surface area contributed by atoms with Gasteiger partial charge in [-0.15, -0.1) is 0 Å². The minimum absolute atomic E-state index is 0.0527. The lowest BCUT2D eigenvalue weighted by Gasteiger charge is -2.26. The number of nitrogens with zero attached hydrogens (tertiary/aromatic N) is 4. The molecule has 2 aliphatic heterocycles. The van der Waals surface area contributed by atoms with Crippen LogP contribution < -0.4 is 5.32 Å². The molecule has 1 unspecified atom stereocenters. The lowest BCUT2D eigenvalue weighted by molar-refractivity contribution is 0.0724. The highest BCUT2D eigenvalue weighted by atomic mass is 16.2. The zero-order valence-electron chi connectivity index (χ0n) is 16.1. The third kappa shape index (κ3) is 4.18. The molecule has 3 amide bonds. The van der Waals surface area contributed by atoms with Crippen molar-refractivity contribution in [3.8, 4) is 0 Å². The van der Waals surface area contributed by atoms with Gasteiger partial charge in [-0.25, -0.2) is 4.79 Å². The Morgan fingerprint density at radius 1 is 1.04 bits per heavy atom. The van der Waals surface area contributed by atoms with E-state index in [0.717, 1.165) is 50.0 Å². The van der Waals surface area contributed by atoms with Crippen molar-refractivity contribution in [2.75, 3.05) is 26.2 Å². The van der Waals surface area contributed by atoms with E-state index in [1.165, 1.54) is 6.42 Å². The quantitative estimate of drug-likeness (QED) is 0.885. The van der Waals surface area contributed by atoms with Gasteiger partial charge in [-0.1, -0.05) is 12.1 Å². The summed E-state index contributed by atoms with van der Waals surface area (Å²) in [6, 6.07) is 9.68. The van der Waals surface area contributed by atoms with E-state index >= 15 is 0 Å². The number of aromatic nitrogens is 2. The highest BCUT2D eigenvalue weighted by molar-refractivity contribution is 5.94. The lowest BCUT2D eigenvalue weighted by atomic mass is 10.1. The maximum absolute atomic E-state index is 12.5. The van der Waals surface area contributed by atoms with Gasteiger partial charge in [0.05, 0.1) is 6.04 Å². The summed E-state index contributed by atoms with van der Waals surface area (Å²) in [6.45, 7) is 3.58. The van der Waals surface area contributed by atoms with Gasteiger partial charge in [0.1, 0.15) is 0 Å². The molecule has 1 aromatic carbocycles. The Labute approximate surface area is 165 Å². The van der Waals surface area contributed by atoms with Crippen molar-refractivity contribution in [3.05, 3.63) is 53.9 Å². The number of carbonyl (C=O) groups excluding carboxylic acids is 2. The van der Waals surface area contributed by atoms with Gasteiger partial charge in [-0.2, -0.15) is 5.10 Å². The molecule has 28 heavy (non-hydrogen) atoms. The largest absolute Gasteiger partial charge is 0.339 e. The van der Waals surface area contributed by atoms with Crippen LogP contribution in [0.4, 0.5) is 4.79 Å². The Morgan fingerprint density at radius 3 is 2.54 bits per heavy atom. The molecule has 0 aliphatic carbocycles. The van der Waals surface area contributed by atoms with E-state index in [-0.39, 0.29) is 18.0 Å². The molecular weight excluding hydrogens is 354 g/mol. The van der Waals surface area contributed by atoms with Gasteiger partial charge in [0.25, 0.3) is 5.91 Å². The fourth-order valence-electron chi connectivity index (χ4n) is 3.97. The van der Waals surface area contributed by atoms with Gasteiger partial charge in [0, 0.05) is 50.7 Å². The van der Waals surface area contributed by atoms with E-state index in [1.54, 1.807) is 6.20 Å². The van der Waals surface area contributed by atoms with Crippen LogP contribution in [0.3, 0.4) is 0 Å². The van der Waals surface area contributed by atoms with Gasteiger partial charge >= 0.3 is 6.03 Å². The van der Waals surface area contributed by atoms with Gasteiger partial charge in [-0.3, -0.25) is 9.48 Å². The molecule has 0 spiro atoms. The third-order valence-corrected chi connectivity index (χ3v) is 5.64. The van der Waals surface area contributed by atoms with Crippen molar-refractivity contribution in [3.63, 3.8) is 0 Å². The summed E-state index contributed by atoms with van der Waals surface area (Å²) >= 11 is 0. The molecule has 2 saturated heterocycles. The average molecular weight is 381 g/mol. The minimum atomic E-state index is -0.0527. The van der Waals surface area contributed by atoms with E-state index < -0.39 is 0 Å². The number of urea groups is 1. The van der Waals surface area contributed by atoms with E-state index in [9.17, 15) is 9.59 Å². The van der Waals surface area contributed by atoms with E-state index in [1.807, 2.05) is 51.0 Å². The standard InChI is InChI=1S/C21H27N5O2/c27-20(24-11-2-1-3-12-24)18-7-5-17(6-8-18)15-22-21(28)25-14-9-19(16-25)26-13-4-10-23-26/h4-8,10,13,19H,1-3,9,11-12,14-16H2,(H,22,28). The third-order valence-electron chi connectivity index (χ3n) is 5.64. The van der Waals surface area contributed by atoms with Crippen molar-refractivity contribution >= 4 is 11.9 Å². The number of hydrogen-bond acceptors (Lipinski definition) is 3. The molecule has 0 bridgehead atoms. The Hall–Kier alpha value is -2.83. The van der Waals surface area contributed by atoms with Crippen molar-refractivity contribution in [2.45, 2.75) is 38.3 Å². The Balaban J connectivity index is 1.27. The number of carbonyl (C=O) groups is 2. The zero-order valence-corrected chi connectivity index (χ0v) is 16.1. The SMILES string of the molecule is O=C(NCc1ccc(C(=O)N2CCCCC2)cc1)N1CCC(n2cccn2)C1. The van der Waals surface area contributed by atoms with Crippen LogP contribution in [0.15, 0.2) is 42.7 Å². The number of nitrogens with one attached hydrogen (secondary N) is 1. The van der Waals surface area contributed by atoms with Crippen LogP contribution in [0.5, 0.6) is 0 Å². The molecule has 3 heterocycles. The first-order valence-electron chi connectivity index (χ1n) is 10.1. The number of piperidine rings is 1. The summed E-state index contributed by atoms with van der Waals surface area (Å²) in [5, 5.41) is 7.25. The van der Waals surface area contributed by atoms with E-state index in [2.05, 4.69) is 10.4 Å². The van der Waals surface area contributed by atoms with Crippen LogP contribution >= 0.6 is 0 Å². The molecule has 7 heteroatoms. The average Bonchev–Trinajstić information content (AvgIpc) is 3.44. The number of rotatable bonds is 4. The fraction of sp³-hybridized carbons (Fsp3) is 0.476. The normalized spacial score (nSPS) is 19.6. The number of hydrogen-bond donors (Lipinski definition) is 1. The zero-order chi connectivity index (χ0) is 19.3. The molecule has 2 aliphatic rings. The first kappa shape index (κ1) is 18.5. The highest BCUT2D eigenvalue weighted by Crippen LogP contribution is 2.20. The van der Waals surface area contributed by atoms with Crippen LogP contribution in [0.25, 0.3) is 0 Å². The van der Waals surface area contributed by atoms with Crippen LogP contribution in [0, 0.1) is 0 Å². The monoisotopic (exact) mass is 381 g/mol. The Morgan fingerprint density at radius 2 is 1.82 bits per heavy atom. The predicted molar refractivity (Wildman–Crippen MR) is 106 cm³/mol. The summed E-state index contributed by atoms with van der Waals surface area (Å²) in [5.74, 6) is 0.108. The topological polar surface area (TPSA) is 70.5 Å². The number of likely N-dealkylation sites (tertiary alicyclic amines) is 2. The van der Waals surface area contributed by atoms with Crippen molar-refractivity contribution in [1.82, 2.24) is 24.9 Å². The second-order valence-corrected chi connectivity index (χ2v) is 7.58. The van der Waals surface area contributed by atoms with E-state index in [4.69, 9.17) is 0 Å². The molecule has 0 saturated carbocycles. The summed E-state index contributed by atoms with van der Waals surface area (Å²) < 4.78 is 1.92. The first-order valence-corrected chi connectivity index (χ1v) is 10.1. The van der Waals surface area contributed by atoms with E-state index in [0.29, 0.717) is 13.1 Å². The first-order chi connectivity index (χ1) is 13.7. The molecule has 0 radical (unpaired) electrons. The Kier molecular flexibility index (Phi) is 5.60. The van der Waals surface area contributed by atoms with Gasteiger partial charge in [0.2, 0.25) is 0 Å². The summed E-state index contributed by atoms with van der Waals surface area (Å²) in [4.78, 5) is 28.7. The van der Waals surface area contributed by atoms with Gasteiger partial charge in [-0.05, 0) is 49.4 Å². The van der Waals surface area contributed by atoms with Crippen molar-refractivity contribution in [2.24, 2.45) is 0 Å². The maximum atomic E-state index is 12.5. The molecule has 7 nitrogen and oxygen atoms in total. The van der Waals surface area contributed by atoms with Crippen molar-refractivity contribution < 1.29 is 9.59 Å². The molecular formula is C21H27N5O2. The molecule has 2 fully saturated rings. The highest BCUT2D eigenvalue weighted by Gasteiger charge is 2.27. The summed E-state index contributed by atoms with van der Waals surface area (Å²) in [6.07, 6.45) is 8.02.